The van der Waals surface area contributed by atoms with Gasteiger partial charge in [-0.25, -0.2) is 9.59 Å². The molecule has 1 aliphatic rings. The fourth-order valence-electron chi connectivity index (χ4n) is 3.84. The maximum absolute atomic E-state index is 13.0. The molecule has 2 aromatic rings. The van der Waals surface area contributed by atoms with Crippen molar-refractivity contribution in [2.45, 2.75) is 65.1 Å². The Labute approximate surface area is 211 Å². The van der Waals surface area contributed by atoms with Gasteiger partial charge in [-0.05, 0) is 77.4 Å². The van der Waals surface area contributed by atoms with E-state index in [2.05, 4.69) is 0 Å². The molecular weight excluding hydrogens is 464 g/mol. The van der Waals surface area contributed by atoms with Gasteiger partial charge >= 0.3 is 12.2 Å². The number of ether oxygens (including phenoxy) is 3. The molecule has 1 atom stereocenters. The standard InChI is InChI=1S/C27H34N2O7/c1-26(2,3)35-24(32)29(25(33)36-27(4,5)6)20-10-8-9-19(15-20)28-16-18(14-23(28)31)17-11-12-22(34-7)21(30)13-17/h8-13,15,18,30H,14,16H2,1-7H3. The normalized spacial score (nSPS) is 16.0. The third-order valence-electron chi connectivity index (χ3n) is 5.35. The minimum atomic E-state index is -0.881. The summed E-state index contributed by atoms with van der Waals surface area (Å²) in [7, 11) is 1.47. The quantitative estimate of drug-likeness (QED) is 0.585. The van der Waals surface area contributed by atoms with Crippen molar-refractivity contribution in [2.24, 2.45) is 0 Å². The molecule has 1 unspecified atom stereocenters. The van der Waals surface area contributed by atoms with Crippen LogP contribution in [0.2, 0.25) is 0 Å². The zero-order valence-corrected chi connectivity index (χ0v) is 21.8. The van der Waals surface area contributed by atoms with Crippen molar-refractivity contribution in [3.05, 3.63) is 48.0 Å². The second-order valence-corrected chi connectivity index (χ2v) is 10.7. The lowest BCUT2D eigenvalue weighted by Crippen LogP contribution is -2.43. The fraction of sp³-hybridized carbons (Fsp3) is 0.444. The van der Waals surface area contributed by atoms with Crippen molar-refractivity contribution in [3.63, 3.8) is 0 Å². The third kappa shape index (κ3) is 6.47. The molecule has 0 spiro atoms. The molecular formula is C27H34N2O7. The number of nitrogens with zero attached hydrogens (tertiary/aromatic N) is 2. The first-order valence-corrected chi connectivity index (χ1v) is 11.7. The first-order valence-electron chi connectivity index (χ1n) is 11.7. The van der Waals surface area contributed by atoms with Crippen molar-refractivity contribution in [1.82, 2.24) is 0 Å². The van der Waals surface area contributed by atoms with Crippen LogP contribution in [-0.2, 0) is 14.3 Å². The number of hydrogen-bond acceptors (Lipinski definition) is 7. The Morgan fingerprint density at radius 1 is 0.972 bits per heavy atom. The molecule has 9 heteroatoms. The maximum atomic E-state index is 13.0. The molecule has 3 rings (SSSR count). The minimum Gasteiger partial charge on any atom is -0.504 e. The largest absolute Gasteiger partial charge is 0.504 e. The summed E-state index contributed by atoms with van der Waals surface area (Å²) >= 11 is 0. The molecule has 1 N–H and O–H groups in total. The van der Waals surface area contributed by atoms with Gasteiger partial charge in [-0.15, -0.1) is 0 Å². The molecule has 0 saturated carbocycles. The Morgan fingerprint density at radius 3 is 2.11 bits per heavy atom. The maximum Gasteiger partial charge on any atom is 0.424 e. The molecule has 3 amide bonds. The van der Waals surface area contributed by atoms with Crippen molar-refractivity contribution in [3.8, 4) is 11.5 Å². The minimum absolute atomic E-state index is 0.00765. The highest BCUT2D eigenvalue weighted by Gasteiger charge is 2.35. The summed E-state index contributed by atoms with van der Waals surface area (Å²) < 4.78 is 16.0. The lowest BCUT2D eigenvalue weighted by atomic mass is 9.98. The van der Waals surface area contributed by atoms with Gasteiger partial charge in [0.1, 0.15) is 11.2 Å². The number of carbonyl (C=O) groups is 3. The number of benzene rings is 2. The Bertz CT molecular complexity index is 1120. The van der Waals surface area contributed by atoms with Crippen LogP contribution in [0.15, 0.2) is 42.5 Å². The smallest absolute Gasteiger partial charge is 0.424 e. The average Bonchev–Trinajstić information content (AvgIpc) is 3.13. The van der Waals surface area contributed by atoms with Crippen LogP contribution in [0.4, 0.5) is 21.0 Å². The molecule has 0 aromatic heterocycles. The van der Waals surface area contributed by atoms with Crippen LogP contribution < -0.4 is 14.5 Å². The topological polar surface area (TPSA) is 106 Å². The second-order valence-electron chi connectivity index (χ2n) is 10.7. The molecule has 0 bridgehead atoms. The summed E-state index contributed by atoms with van der Waals surface area (Å²) in [5.41, 5.74) is -0.123. The van der Waals surface area contributed by atoms with Gasteiger partial charge in [-0.1, -0.05) is 12.1 Å². The van der Waals surface area contributed by atoms with Gasteiger partial charge in [0, 0.05) is 24.6 Å². The summed E-state index contributed by atoms with van der Waals surface area (Å²) in [5.74, 6) is 0.101. The first-order chi connectivity index (χ1) is 16.7. The summed E-state index contributed by atoms with van der Waals surface area (Å²) in [4.78, 5) is 41.3. The SMILES string of the molecule is COc1ccc(C2CC(=O)N(c3cccc(N(C(=O)OC(C)(C)C)C(=O)OC(C)(C)C)c3)C2)cc1O. The van der Waals surface area contributed by atoms with Crippen molar-refractivity contribution in [2.75, 3.05) is 23.5 Å². The molecule has 194 valence electrons. The van der Waals surface area contributed by atoms with E-state index in [1.54, 1.807) is 82.8 Å². The van der Waals surface area contributed by atoms with Crippen molar-refractivity contribution >= 4 is 29.5 Å². The Morgan fingerprint density at radius 2 is 1.58 bits per heavy atom. The van der Waals surface area contributed by atoms with Gasteiger partial charge in [0.2, 0.25) is 5.91 Å². The van der Waals surface area contributed by atoms with Gasteiger partial charge in [0.05, 0.1) is 12.8 Å². The Kier molecular flexibility index (Phi) is 7.52. The number of hydrogen-bond donors (Lipinski definition) is 1. The lowest BCUT2D eigenvalue weighted by Gasteiger charge is -2.29. The van der Waals surface area contributed by atoms with Gasteiger partial charge < -0.3 is 24.2 Å². The summed E-state index contributed by atoms with van der Waals surface area (Å²) in [5, 5.41) is 10.1. The van der Waals surface area contributed by atoms with Crippen LogP contribution in [0, 0.1) is 0 Å². The molecule has 36 heavy (non-hydrogen) atoms. The number of carbonyl (C=O) groups excluding carboxylic acids is 3. The highest BCUT2D eigenvalue weighted by molar-refractivity contribution is 6.10. The number of amides is 3. The Balaban J connectivity index is 1.90. The zero-order chi connectivity index (χ0) is 26.8. The van der Waals surface area contributed by atoms with E-state index in [0.29, 0.717) is 18.0 Å². The third-order valence-corrected chi connectivity index (χ3v) is 5.35. The van der Waals surface area contributed by atoms with Crippen LogP contribution >= 0.6 is 0 Å². The van der Waals surface area contributed by atoms with E-state index in [4.69, 9.17) is 14.2 Å². The molecule has 0 aliphatic carbocycles. The van der Waals surface area contributed by atoms with E-state index in [1.165, 1.54) is 7.11 Å². The number of rotatable bonds is 4. The van der Waals surface area contributed by atoms with Crippen LogP contribution in [0.25, 0.3) is 0 Å². The van der Waals surface area contributed by atoms with Crippen molar-refractivity contribution < 1.29 is 33.7 Å². The number of anilines is 2. The van der Waals surface area contributed by atoms with Gasteiger partial charge in [0.25, 0.3) is 0 Å². The molecule has 2 aromatic carbocycles. The molecule has 1 saturated heterocycles. The van der Waals surface area contributed by atoms with E-state index >= 15 is 0 Å². The predicted molar refractivity (Wildman–Crippen MR) is 136 cm³/mol. The highest BCUT2D eigenvalue weighted by atomic mass is 16.6. The van der Waals surface area contributed by atoms with Crippen LogP contribution in [-0.4, -0.2) is 48.1 Å². The number of aromatic hydroxyl groups is 1. The van der Waals surface area contributed by atoms with E-state index in [1.807, 2.05) is 6.07 Å². The van der Waals surface area contributed by atoms with E-state index in [0.717, 1.165) is 10.5 Å². The second kappa shape index (κ2) is 10.1. The fourth-order valence-corrected chi connectivity index (χ4v) is 3.84. The van der Waals surface area contributed by atoms with Crippen LogP contribution in [0.1, 0.15) is 59.4 Å². The van der Waals surface area contributed by atoms with Gasteiger partial charge in [-0.2, -0.15) is 4.90 Å². The van der Waals surface area contributed by atoms with E-state index in [-0.39, 0.29) is 29.7 Å². The molecule has 1 aliphatic heterocycles. The Hall–Kier alpha value is -3.75. The predicted octanol–water partition coefficient (Wildman–Crippen LogP) is 5.60. The summed E-state index contributed by atoms with van der Waals surface area (Å²) in [6.45, 7) is 10.6. The molecule has 0 radical (unpaired) electrons. The molecule has 1 heterocycles. The van der Waals surface area contributed by atoms with Gasteiger partial charge in [0.15, 0.2) is 11.5 Å². The number of phenols is 1. The number of imide groups is 1. The number of methoxy groups -OCH3 is 1. The average molecular weight is 499 g/mol. The number of phenolic OH excluding ortho intramolecular Hbond substituents is 1. The summed E-state index contributed by atoms with van der Waals surface area (Å²) in [6.07, 6.45) is -1.51. The van der Waals surface area contributed by atoms with Crippen LogP contribution in [0.5, 0.6) is 11.5 Å². The van der Waals surface area contributed by atoms with Gasteiger partial charge in [-0.3, -0.25) is 4.79 Å². The van der Waals surface area contributed by atoms with Crippen molar-refractivity contribution in [1.29, 1.82) is 0 Å². The first kappa shape index (κ1) is 26.8. The molecule has 9 nitrogen and oxygen atoms in total. The van der Waals surface area contributed by atoms with Crippen LogP contribution in [0.3, 0.4) is 0 Å². The monoisotopic (exact) mass is 498 g/mol. The molecule has 1 fully saturated rings. The summed E-state index contributed by atoms with van der Waals surface area (Å²) in [6, 6.07) is 11.6. The highest BCUT2D eigenvalue weighted by Crippen LogP contribution is 2.37. The van der Waals surface area contributed by atoms with E-state index < -0.39 is 23.4 Å². The van der Waals surface area contributed by atoms with E-state index in [9.17, 15) is 19.5 Å². The lowest BCUT2D eigenvalue weighted by molar-refractivity contribution is -0.117. The zero-order valence-electron chi connectivity index (χ0n) is 21.8.